The number of amides is 2. The van der Waals surface area contributed by atoms with Gasteiger partial charge in [0.1, 0.15) is 17.5 Å². The summed E-state index contributed by atoms with van der Waals surface area (Å²) in [6.45, 7) is 1.66. The molecule has 3 rings (SSSR count). The monoisotopic (exact) mass is 390 g/mol. The van der Waals surface area contributed by atoms with Gasteiger partial charge in [0, 0.05) is 31.6 Å². The van der Waals surface area contributed by atoms with Crippen LogP contribution in [0.15, 0.2) is 36.4 Å². The maximum absolute atomic E-state index is 14.1. The average molecular weight is 390 g/mol. The fraction of sp³-hybridized carbons (Fsp3) is 0.333. The van der Waals surface area contributed by atoms with Crippen LogP contribution in [0, 0.1) is 30.3 Å². The van der Waals surface area contributed by atoms with Crippen LogP contribution in [0.25, 0.3) is 0 Å². The zero-order valence-corrected chi connectivity index (χ0v) is 15.5. The SMILES string of the molecule is Cc1ccc(F)c(CNC(=O)C2CCC(=O)N(Cc3cccc(F)c3)C2)c1F. The summed E-state index contributed by atoms with van der Waals surface area (Å²) in [5.41, 5.74) is 0.755. The largest absolute Gasteiger partial charge is 0.352 e. The Balaban J connectivity index is 1.63. The number of piperidine rings is 1. The average Bonchev–Trinajstić information content (AvgIpc) is 2.66. The van der Waals surface area contributed by atoms with E-state index in [0.29, 0.717) is 17.5 Å². The number of likely N-dealkylation sites (tertiary alicyclic amines) is 1. The van der Waals surface area contributed by atoms with Crippen molar-refractivity contribution in [3.05, 3.63) is 70.5 Å². The molecule has 2 aromatic rings. The molecule has 1 N–H and O–H groups in total. The molecular weight excluding hydrogens is 369 g/mol. The highest BCUT2D eigenvalue weighted by Crippen LogP contribution is 2.21. The molecule has 1 heterocycles. The molecule has 0 aliphatic carbocycles. The lowest BCUT2D eigenvalue weighted by atomic mass is 9.96. The fourth-order valence-electron chi connectivity index (χ4n) is 3.33. The maximum Gasteiger partial charge on any atom is 0.225 e. The van der Waals surface area contributed by atoms with Gasteiger partial charge in [-0.3, -0.25) is 9.59 Å². The van der Waals surface area contributed by atoms with E-state index in [1.54, 1.807) is 12.1 Å². The van der Waals surface area contributed by atoms with E-state index in [1.165, 1.54) is 36.1 Å². The van der Waals surface area contributed by atoms with E-state index in [2.05, 4.69) is 5.32 Å². The number of benzene rings is 2. The van der Waals surface area contributed by atoms with Crippen LogP contribution in [-0.2, 0) is 22.7 Å². The lowest BCUT2D eigenvalue weighted by molar-refractivity contribution is -0.139. The third kappa shape index (κ3) is 4.52. The van der Waals surface area contributed by atoms with Crippen molar-refractivity contribution in [3.63, 3.8) is 0 Å². The maximum atomic E-state index is 14.1. The molecule has 0 saturated carbocycles. The summed E-state index contributed by atoms with van der Waals surface area (Å²) < 4.78 is 41.3. The van der Waals surface area contributed by atoms with Crippen molar-refractivity contribution in [3.8, 4) is 0 Å². The Morgan fingerprint density at radius 3 is 2.75 bits per heavy atom. The Morgan fingerprint density at radius 1 is 1.21 bits per heavy atom. The van der Waals surface area contributed by atoms with Gasteiger partial charge < -0.3 is 10.2 Å². The normalized spacial score (nSPS) is 16.9. The van der Waals surface area contributed by atoms with Crippen LogP contribution >= 0.6 is 0 Å². The molecule has 1 aliphatic rings. The van der Waals surface area contributed by atoms with Crippen molar-refractivity contribution in [1.82, 2.24) is 10.2 Å². The number of nitrogens with zero attached hydrogens (tertiary/aromatic N) is 1. The minimum atomic E-state index is -0.713. The number of halogens is 3. The van der Waals surface area contributed by atoms with Crippen LogP contribution in [0.1, 0.15) is 29.5 Å². The molecule has 2 aromatic carbocycles. The summed E-state index contributed by atoms with van der Waals surface area (Å²) in [7, 11) is 0. The van der Waals surface area contributed by atoms with Crippen LogP contribution in [0.5, 0.6) is 0 Å². The molecule has 7 heteroatoms. The van der Waals surface area contributed by atoms with E-state index in [4.69, 9.17) is 0 Å². The molecular formula is C21H21F3N2O2. The number of carbonyl (C=O) groups excluding carboxylic acids is 2. The number of nitrogens with one attached hydrogen (secondary N) is 1. The standard InChI is InChI=1S/C21H21F3N2O2/c1-13-5-7-18(23)17(20(13)24)10-25-21(28)15-6-8-19(27)26(12-15)11-14-3-2-4-16(22)9-14/h2-5,7,9,15H,6,8,10-12H2,1H3,(H,25,28). The van der Waals surface area contributed by atoms with E-state index < -0.39 is 23.4 Å². The molecule has 1 saturated heterocycles. The third-order valence-corrected chi connectivity index (χ3v) is 4.95. The van der Waals surface area contributed by atoms with E-state index >= 15 is 0 Å². The molecule has 0 bridgehead atoms. The number of hydrogen-bond acceptors (Lipinski definition) is 2. The smallest absolute Gasteiger partial charge is 0.225 e. The highest BCUT2D eigenvalue weighted by molar-refractivity contribution is 5.83. The van der Waals surface area contributed by atoms with Crippen LogP contribution < -0.4 is 5.32 Å². The summed E-state index contributed by atoms with van der Waals surface area (Å²) in [6, 6.07) is 8.45. The van der Waals surface area contributed by atoms with Crippen LogP contribution in [0.4, 0.5) is 13.2 Å². The van der Waals surface area contributed by atoms with Crippen molar-refractivity contribution < 1.29 is 22.8 Å². The van der Waals surface area contributed by atoms with E-state index in [0.717, 1.165) is 0 Å². The van der Waals surface area contributed by atoms with Crippen molar-refractivity contribution in [1.29, 1.82) is 0 Å². The topological polar surface area (TPSA) is 49.4 Å². The van der Waals surface area contributed by atoms with Crippen molar-refractivity contribution in [2.75, 3.05) is 6.54 Å². The zero-order valence-electron chi connectivity index (χ0n) is 15.5. The minimum Gasteiger partial charge on any atom is -0.352 e. The van der Waals surface area contributed by atoms with Gasteiger partial charge in [0.2, 0.25) is 11.8 Å². The highest BCUT2D eigenvalue weighted by Gasteiger charge is 2.30. The summed E-state index contributed by atoms with van der Waals surface area (Å²) in [5.74, 6) is -2.73. The molecule has 0 radical (unpaired) electrons. The van der Waals surface area contributed by atoms with E-state index in [9.17, 15) is 22.8 Å². The second-order valence-corrected chi connectivity index (χ2v) is 7.01. The van der Waals surface area contributed by atoms with Crippen molar-refractivity contribution in [2.24, 2.45) is 5.92 Å². The zero-order chi connectivity index (χ0) is 20.3. The Labute approximate surface area is 161 Å². The van der Waals surface area contributed by atoms with Crippen LogP contribution in [0.2, 0.25) is 0 Å². The Hall–Kier alpha value is -2.83. The predicted molar refractivity (Wildman–Crippen MR) is 97.5 cm³/mol. The molecule has 1 fully saturated rings. The van der Waals surface area contributed by atoms with Crippen molar-refractivity contribution >= 4 is 11.8 Å². The Kier molecular flexibility index (Phi) is 6.02. The lowest BCUT2D eigenvalue weighted by Gasteiger charge is -2.32. The summed E-state index contributed by atoms with van der Waals surface area (Å²) >= 11 is 0. The van der Waals surface area contributed by atoms with Crippen LogP contribution in [0.3, 0.4) is 0 Å². The molecule has 1 aliphatic heterocycles. The van der Waals surface area contributed by atoms with Gasteiger partial charge in [0.25, 0.3) is 0 Å². The molecule has 2 amide bonds. The lowest BCUT2D eigenvalue weighted by Crippen LogP contribution is -2.45. The van der Waals surface area contributed by atoms with Gasteiger partial charge in [-0.2, -0.15) is 0 Å². The van der Waals surface area contributed by atoms with Crippen molar-refractivity contribution in [2.45, 2.75) is 32.9 Å². The Bertz CT molecular complexity index is 901. The summed E-state index contributed by atoms with van der Waals surface area (Å²) in [6.07, 6.45) is 0.559. The second-order valence-electron chi connectivity index (χ2n) is 7.01. The molecule has 28 heavy (non-hydrogen) atoms. The van der Waals surface area contributed by atoms with Gasteiger partial charge in [-0.05, 0) is 42.7 Å². The molecule has 4 nitrogen and oxygen atoms in total. The van der Waals surface area contributed by atoms with Gasteiger partial charge in [0.05, 0.1) is 5.92 Å². The van der Waals surface area contributed by atoms with Gasteiger partial charge in [-0.1, -0.05) is 18.2 Å². The van der Waals surface area contributed by atoms with Gasteiger partial charge >= 0.3 is 0 Å². The Morgan fingerprint density at radius 2 is 2.00 bits per heavy atom. The number of aryl methyl sites for hydroxylation is 1. The van der Waals surface area contributed by atoms with Gasteiger partial charge in [-0.25, -0.2) is 13.2 Å². The molecule has 0 aromatic heterocycles. The predicted octanol–water partition coefficient (Wildman–Crippen LogP) is 3.47. The number of carbonyl (C=O) groups is 2. The highest BCUT2D eigenvalue weighted by atomic mass is 19.1. The molecule has 1 atom stereocenters. The van der Waals surface area contributed by atoms with E-state index in [1.807, 2.05) is 0 Å². The fourth-order valence-corrected chi connectivity index (χ4v) is 3.33. The first kappa shape index (κ1) is 19.9. The van der Waals surface area contributed by atoms with Gasteiger partial charge in [0.15, 0.2) is 0 Å². The molecule has 1 unspecified atom stereocenters. The first-order valence-electron chi connectivity index (χ1n) is 9.08. The summed E-state index contributed by atoms with van der Waals surface area (Å²) in [4.78, 5) is 26.2. The second kappa shape index (κ2) is 8.46. The first-order valence-corrected chi connectivity index (χ1v) is 9.08. The van der Waals surface area contributed by atoms with E-state index in [-0.39, 0.29) is 43.4 Å². The summed E-state index contributed by atoms with van der Waals surface area (Å²) in [5, 5.41) is 2.57. The minimum absolute atomic E-state index is 0.107. The van der Waals surface area contributed by atoms with Gasteiger partial charge in [-0.15, -0.1) is 0 Å². The number of hydrogen-bond donors (Lipinski definition) is 1. The quantitative estimate of drug-likeness (QED) is 0.850. The third-order valence-electron chi connectivity index (χ3n) is 4.95. The molecule has 148 valence electrons. The molecule has 0 spiro atoms. The first-order chi connectivity index (χ1) is 13.3. The van der Waals surface area contributed by atoms with Crippen LogP contribution in [-0.4, -0.2) is 23.3 Å². The number of rotatable bonds is 5.